The van der Waals surface area contributed by atoms with Gasteiger partial charge in [0, 0.05) is 46.8 Å². The van der Waals surface area contributed by atoms with E-state index >= 15 is 9.59 Å². The molecule has 10 atom stereocenters. The van der Waals surface area contributed by atoms with Crippen LogP contribution < -0.4 is 32.4 Å². The molecule has 91 heavy (non-hydrogen) atoms. The maximum absolute atomic E-state index is 15.2. The largest absolute Gasteiger partial charge is 0.458 e. The first-order chi connectivity index (χ1) is 42.6. The number of aromatic nitrogens is 1. The Bertz CT molecular complexity index is 3440. The molecule has 0 bridgehead atoms. The van der Waals surface area contributed by atoms with Crippen molar-refractivity contribution in [3.8, 4) is 11.5 Å². The van der Waals surface area contributed by atoms with E-state index in [1.54, 1.807) is 48.5 Å². The van der Waals surface area contributed by atoms with E-state index in [1.165, 1.54) is 80.7 Å². The molecular formula is C63H88N12O16. The number of esters is 2. The number of aryl methyl sites for hydroxylation is 1. The summed E-state index contributed by atoms with van der Waals surface area (Å²) in [6.45, 7) is 18.7. The van der Waals surface area contributed by atoms with Crippen molar-refractivity contribution in [1.29, 1.82) is 0 Å². The van der Waals surface area contributed by atoms with Gasteiger partial charge in [-0.25, -0.2) is 14.6 Å². The predicted octanol–water partition coefficient (Wildman–Crippen LogP) is 1.12. The molecule has 1 aromatic rings. The molecule has 4 saturated heterocycles. The van der Waals surface area contributed by atoms with Crippen molar-refractivity contribution >= 4 is 87.8 Å². The summed E-state index contributed by atoms with van der Waals surface area (Å²) in [6.07, 6.45) is -1.59. The number of rotatable bonds is 9. The molecule has 4 fully saturated rings. The second kappa shape index (κ2) is 28.2. The molecule has 1 aromatic carbocycles. The normalized spacial score (nSPS) is 26.1. The molecule has 28 nitrogen and oxygen atoms in total. The van der Waals surface area contributed by atoms with E-state index in [0.29, 0.717) is 18.4 Å². The van der Waals surface area contributed by atoms with Crippen molar-refractivity contribution in [2.45, 2.75) is 176 Å². The maximum atomic E-state index is 15.2. The molecular weight excluding hydrogens is 1180 g/mol. The Morgan fingerprint density at radius 3 is 1.59 bits per heavy atom. The molecule has 0 saturated carbocycles. The highest BCUT2D eigenvalue weighted by molar-refractivity contribution is 6.10. The van der Waals surface area contributed by atoms with E-state index in [-0.39, 0.29) is 66.3 Å². The first kappa shape index (κ1) is 69.7. The van der Waals surface area contributed by atoms with Crippen LogP contribution in [-0.4, -0.2) is 220 Å². The summed E-state index contributed by atoms with van der Waals surface area (Å²) >= 11 is 0. The molecule has 7 rings (SSSR count). The van der Waals surface area contributed by atoms with Gasteiger partial charge in [-0.15, -0.1) is 0 Å². The molecule has 5 heterocycles. The number of fused-ring (bicyclic) bond motifs is 4. The summed E-state index contributed by atoms with van der Waals surface area (Å²) in [4.78, 5) is 200. The van der Waals surface area contributed by atoms with Crippen LogP contribution in [0.1, 0.15) is 133 Å². The number of nitrogen functional groups attached to an aromatic ring is 1. The smallest absolute Gasteiger partial charge is 0.329 e. The van der Waals surface area contributed by atoms with E-state index in [1.807, 2.05) is 13.8 Å². The number of cyclic esters (lactones) is 2. The minimum absolute atomic E-state index is 0.0563. The van der Waals surface area contributed by atoms with Crippen molar-refractivity contribution in [2.75, 3.05) is 60.1 Å². The van der Waals surface area contributed by atoms with Gasteiger partial charge in [0.1, 0.15) is 71.8 Å². The summed E-state index contributed by atoms with van der Waals surface area (Å²) in [5.74, 6) is -11.9. The Hall–Kier alpha value is -8.72. The van der Waals surface area contributed by atoms with Crippen LogP contribution in [0.2, 0.25) is 0 Å². The minimum atomic E-state index is -1.88. The van der Waals surface area contributed by atoms with Gasteiger partial charge in [0.15, 0.2) is 11.3 Å². The summed E-state index contributed by atoms with van der Waals surface area (Å²) in [7, 11) is 5.60. The second-order valence-electron chi connectivity index (χ2n) is 26.0. The van der Waals surface area contributed by atoms with Crippen LogP contribution in [0.5, 0.6) is 0 Å². The van der Waals surface area contributed by atoms with Crippen LogP contribution in [0.15, 0.2) is 21.3 Å². The highest BCUT2D eigenvalue weighted by atomic mass is 16.6. The number of benzene rings is 2. The quantitative estimate of drug-likeness (QED) is 0.114. The van der Waals surface area contributed by atoms with Crippen LogP contribution in [0, 0.1) is 37.5 Å². The first-order valence-corrected chi connectivity index (χ1v) is 31.0. The lowest BCUT2D eigenvalue weighted by Crippen LogP contribution is -2.61. The molecule has 10 amide bonds. The molecule has 6 aliphatic rings. The number of hydrogen-bond acceptors (Lipinski definition) is 18. The van der Waals surface area contributed by atoms with Crippen molar-refractivity contribution in [2.24, 2.45) is 23.7 Å². The fourth-order valence-corrected chi connectivity index (χ4v) is 12.5. The van der Waals surface area contributed by atoms with Gasteiger partial charge in [0.25, 0.3) is 11.8 Å². The van der Waals surface area contributed by atoms with E-state index in [0.717, 1.165) is 9.80 Å². The third-order valence-corrected chi connectivity index (χ3v) is 17.6. The molecule has 2 unspecified atom stereocenters. The van der Waals surface area contributed by atoms with Crippen molar-refractivity contribution in [3.63, 3.8) is 0 Å². The van der Waals surface area contributed by atoms with Gasteiger partial charge in [-0.3, -0.25) is 52.7 Å². The van der Waals surface area contributed by atoms with Gasteiger partial charge in [-0.05, 0) is 95.1 Å². The summed E-state index contributed by atoms with van der Waals surface area (Å²) in [5.41, 5.74) is 3.60. The van der Waals surface area contributed by atoms with Gasteiger partial charge in [-0.1, -0.05) is 61.5 Å². The number of carbonyl (C=O) groups excluding carboxylic acids is 12. The average Bonchev–Trinajstić information content (AvgIpc) is 1.31. The summed E-state index contributed by atoms with van der Waals surface area (Å²) < 4.78 is 18.3. The summed E-state index contributed by atoms with van der Waals surface area (Å²) in [5, 5.41) is 10.7. The second-order valence-corrected chi connectivity index (χ2v) is 26.0. The molecule has 5 aliphatic heterocycles. The first-order valence-electron chi connectivity index (χ1n) is 31.0. The molecule has 0 radical (unpaired) electrons. The third-order valence-electron chi connectivity index (χ3n) is 17.6. The number of carbonyl (C=O) groups is 12. The van der Waals surface area contributed by atoms with E-state index in [9.17, 15) is 52.7 Å². The van der Waals surface area contributed by atoms with Crippen LogP contribution in [0.4, 0.5) is 5.69 Å². The molecule has 0 aromatic heterocycles. The molecule has 0 spiro atoms. The molecule has 496 valence electrons. The SMILES string of the molecule is Cc1c2oc3c(C)ccc(C(=O)N[C@@H]4C(=O)N[C@H](C(C)C)C(=O)N5CCC[C@H]5C(=O)N(C)CC(=O)N(C)[C@@H](C(C)C)C(=O)OC4C)c3nc-2c(C(=O)N[C@@H]2C(=O)N[C@H](CC(C)C)C(=O)N3CCC[C@H]3C(=O)N(C)CC(=O)N(C)[C@@H](C(C)C)C(=O)OC2C)c(N)c1=O. The maximum Gasteiger partial charge on any atom is 0.329 e. The Morgan fingerprint density at radius 2 is 1.12 bits per heavy atom. The predicted molar refractivity (Wildman–Crippen MR) is 330 cm³/mol. The third kappa shape index (κ3) is 14.4. The van der Waals surface area contributed by atoms with Crippen LogP contribution in [0.25, 0.3) is 22.6 Å². The van der Waals surface area contributed by atoms with Gasteiger partial charge in [-0.2, -0.15) is 0 Å². The van der Waals surface area contributed by atoms with Crippen LogP contribution >= 0.6 is 0 Å². The zero-order chi connectivity index (χ0) is 67.7. The van der Waals surface area contributed by atoms with Gasteiger partial charge >= 0.3 is 11.9 Å². The van der Waals surface area contributed by atoms with Crippen LogP contribution in [0.3, 0.4) is 0 Å². The van der Waals surface area contributed by atoms with E-state index in [4.69, 9.17) is 24.6 Å². The van der Waals surface area contributed by atoms with E-state index in [2.05, 4.69) is 21.3 Å². The lowest BCUT2D eigenvalue weighted by atomic mass is 9.98. The Labute approximate surface area is 528 Å². The Kier molecular flexibility index (Phi) is 21.6. The topological polar surface area (TPSA) is 360 Å². The van der Waals surface area contributed by atoms with Crippen molar-refractivity contribution < 1.29 is 71.4 Å². The highest BCUT2D eigenvalue weighted by Gasteiger charge is 2.46. The van der Waals surface area contributed by atoms with Crippen LogP contribution in [-0.2, 0) is 57.4 Å². The lowest BCUT2D eigenvalue weighted by Gasteiger charge is -2.36. The lowest BCUT2D eigenvalue weighted by molar-refractivity contribution is -0.163. The number of nitrogens with two attached hydrogens (primary N) is 1. The number of anilines is 1. The monoisotopic (exact) mass is 1270 g/mol. The fourth-order valence-electron chi connectivity index (χ4n) is 12.5. The zero-order valence-corrected chi connectivity index (χ0v) is 54.8. The van der Waals surface area contributed by atoms with Gasteiger partial charge < -0.3 is 70.3 Å². The standard InChI is InChI=1S/C63H88N12O16/c1-28(2)25-37-58(83)74-23-17-19-38(74)59(84)70(13)26-40(76)72(15)49(30(5)6)62(87)89-34(11)45(56(81)65-37)69-55(80)42-43(64)51(78)33(10)53-48(42)66-47-36(22-21-32(9)52(47)91-53)54(79)68-46-35(12)90-63(88)50(31(7)8)73(16)41(77)27-71(14)60(85)39-20-18-24-75(39)61(86)44(29(3)4)67-57(46)82/h21-22,28-31,34-35,37-39,44-46,49-50H,17-20,23-27,64H2,1-16H3,(H,65,81)(H,67,82)(H,68,79)(H,69,80)/t34?,35?,37-,38+,39+,44-,45+,46+,49+,50+/m1/s1. The number of ether oxygens (including phenoxy) is 2. The number of nitrogens with zero attached hydrogens (tertiary/aromatic N) is 7. The fraction of sp³-hybridized carbons (Fsp3) is 0.619. The minimum Gasteiger partial charge on any atom is -0.458 e. The van der Waals surface area contributed by atoms with Crippen molar-refractivity contribution in [1.82, 2.24) is 55.7 Å². The average molecular weight is 1270 g/mol. The number of likely N-dealkylation sites (N-methyl/N-ethyl adjacent to an activating group) is 4. The van der Waals surface area contributed by atoms with Gasteiger partial charge in [0.2, 0.25) is 52.7 Å². The number of hydrogen-bond donors (Lipinski definition) is 5. The molecule has 1 aliphatic carbocycles. The molecule has 28 heteroatoms. The molecule has 6 N–H and O–H groups in total. The summed E-state index contributed by atoms with van der Waals surface area (Å²) in [6, 6.07) is -7.87. The van der Waals surface area contributed by atoms with Crippen molar-refractivity contribution in [3.05, 3.63) is 44.6 Å². The zero-order valence-electron chi connectivity index (χ0n) is 54.8. The number of nitrogens with one attached hydrogen (secondary N) is 4. The van der Waals surface area contributed by atoms with E-state index < -0.39 is 185 Å². The Morgan fingerprint density at radius 1 is 0.648 bits per heavy atom. The van der Waals surface area contributed by atoms with Gasteiger partial charge in [0.05, 0.1) is 29.9 Å². The number of amides is 10. The highest BCUT2D eigenvalue weighted by Crippen LogP contribution is 2.35. The Balaban J connectivity index is 1.32.